The first-order chi connectivity index (χ1) is 8.56. The topological polar surface area (TPSA) is 38.1 Å². The predicted molar refractivity (Wildman–Crippen MR) is 75.4 cm³/mol. The number of nitrogens with zero attached hydrogens (tertiary/aromatic N) is 1. The minimum atomic E-state index is 0.259. The quantitative estimate of drug-likeness (QED) is 0.930. The van der Waals surface area contributed by atoms with Crippen molar-refractivity contribution >= 4 is 15.9 Å². The first-order valence-electron chi connectivity index (χ1n) is 5.98. The number of oxazole rings is 1. The van der Waals surface area contributed by atoms with Crippen LogP contribution in [0.2, 0.25) is 0 Å². The summed E-state index contributed by atoms with van der Waals surface area (Å²) in [5.74, 6) is 1.63. The number of nitrogens with one attached hydrogen (secondary N) is 1. The van der Waals surface area contributed by atoms with E-state index in [-0.39, 0.29) is 6.04 Å². The lowest BCUT2D eigenvalue weighted by Gasteiger charge is -2.13. The number of benzene rings is 1. The van der Waals surface area contributed by atoms with Crippen molar-refractivity contribution in [3.8, 4) is 0 Å². The van der Waals surface area contributed by atoms with Gasteiger partial charge in [0.2, 0.25) is 5.89 Å². The van der Waals surface area contributed by atoms with Crippen LogP contribution in [-0.2, 0) is 6.54 Å². The third kappa shape index (κ3) is 3.21. The molecule has 0 fully saturated rings. The van der Waals surface area contributed by atoms with Crippen LogP contribution in [0.1, 0.15) is 35.9 Å². The lowest BCUT2D eigenvalue weighted by atomic mass is 10.1. The van der Waals surface area contributed by atoms with E-state index in [0.29, 0.717) is 6.54 Å². The van der Waals surface area contributed by atoms with Crippen molar-refractivity contribution in [1.82, 2.24) is 10.3 Å². The lowest BCUT2D eigenvalue weighted by molar-refractivity contribution is 0.432. The second-order valence-corrected chi connectivity index (χ2v) is 5.32. The van der Waals surface area contributed by atoms with E-state index < -0.39 is 0 Å². The first kappa shape index (κ1) is 13.3. The van der Waals surface area contributed by atoms with Crippen LogP contribution in [0.4, 0.5) is 0 Å². The molecule has 1 unspecified atom stereocenters. The zero-order valence-electron chi connectivity index (χ0n) is 10.8. The summed E-state index contributed by atoms with van der Waals surface area (Å²) in [7, 11) is 0. The standard InChI is InChI=1S/C14H17BrN2O/c1-9-11(3)18-14(17-9)8-16-10(2)12-5-4-6-13(15)7-12/h4-7,10,16H,8H2,1-3H3. The van der Waals surface area contributed by atoms with Crippen molar-refractivity contribution in [2.24, 2.45) is 0 Å². The summed E-state index contributed by atoms with van der Waals surface area (Å²) in [6.45, 7) is 6.66. The number of hydrogen-bond acceptors (Lipinski definition) is 3. The van der Waals surface area contributed by atoms with Crippen LogP contribution < -0.4 is 5.32 Å². The van der Waals surface area contributed by atoms with E-state index in [4.69, 9.17) is 4.42 Å². The third-order valence-electron chi connectivity index (χ3n) is 2.98. The van der Waals surface area contributed by atoms with E-state index in [1.807, 2.05) is 26.0 Å². The normalized spacial score (nSPS) is 12.7. The van der Waals surface area contributed by atoms with Crippen molar-refractivity contribution < 1.29 is 4.42 Å². The van der Waals surface area contributed by atoms with Gasteiger partial charge in [-0.15, -0.1) is 0 Å². The molecule has 0 bridgehead atoms. The van der Waals surface area contributed by atoms with E-state index in [9.17, 15) is 0 Å². The van der Waals surface area contributed by atoms with Crippen LogP contribution in [0.25, 0.3) is 0 Å². The molecule has 1 heterocycles. The fourth-order valence-corrected chi connectivity index (χ4v) is 2.17. The molecule has 0 aliphatic carbocycles. The number of aromatic nitrogens is 1. The van der Waals surface area contributed by atoms with Crippen molar-refractivity contribution in [2.75, 3.05) is 0 Å². The van der Waals surface area contributed by atoms with Gasteiger partial charge < -0.3 is 9.73 Å². The van der Waals surface area contributed by atoms with Crippen LogP contribution >= 0.6 is 15.9 Å². The van der Waals surface area contributed by atoms with Gasteiger partial charge in [-0.1, -0.05) is 28.1 Å². The van der Waals surface area contributed by atoms with Crippen molar-refractivity contribution in [2.45, 2.75) is 33.4 Å². The maximum absolute atomic E-state index is 5.54. The van der Waals surface area contributed by atoms with E-state index >= 15 is 0 Å². The fourth-order valence-electron chi connectivity index (χ4n) is 1.75. The third-order valence-corrected chi connectivity index (χ3v) is 3.47. The molecule has 0 saturated carbocycles. The molecule has 1 aromatic carbocycles. The molecule has 2 aromatic rings. The van der Waals surface area contributed by atoms with Crippen LogP contribution in [0, 0.1) is 13.8 Å². The van der Waals surface area contributed by atoms with Gasteiger partial charge >= 0.3 is 0 Å². The molecular formula is C14H17BrN2O. The Hall–Kier alpha value is -1.13. The average molecular weight is 309 g/mol. The molecule has 3 nitrogen and oxygen atoms in total. The summed E-state index contributed by atoms with van der Waals surface area (Å²) < 4.78 is 6.64. The van der Waals surface area contributed by atoms with Crippen LogP contribution in [0.3, 0.4) is 0 Å². The molecule has 96 valence electrons. The Morgan fingerprint density at radius 3 is 2.78 bits per heavy atom. The van der Waals surface area contributed by atoms with Crippen LogP contribution in [0.5, 0.6) is 0 Å². The van der Waals surface area contributed by atoms with Crippen LogP contribution in [-0.4, -0.2) is 4.98 Å². The van der Waals surface area contributed by atoms with Crippen molar-refractivity contribution in [3.05, 3.63) is 51.6 Å². The first-order valence-corrected chi connectivity index (χ1v) is 6.77. The van der Waals surface area contributed by atoms with E-state index in [0.717, 1.165) is 21.8 Å². The second-order valence-electron chi connectivity index (χ2n) is 4.41. The van der Waals surface area contributed by atoms with Crippen LogP contribution in [0.15, 0.2) is 33.2 Å². The predicted octanol–water partition coefficient (Wildman–Crippen LogP) is 3.90. The SMILES string of the molecule is Cc1nc(CNC(C)c2cccc(Br)c2)oc1C. The molecule has 0 amide bonds. The van der Waals surface area contributed by atoms with Gasteiger partial charge in [0, 0.05) is 10.5 Å². The van der Waals surface area contributed by atoms with E-state index in [2.05, 4.69) is 45.3 Å². The highest BCUT2D eigenvalue weighted by Gasteiger charge is 2.09. The monoisotopic (exact) mass is 308 g/mol. The minimum Gasteiger partial charge on any atom is -0.444 e. The molecule has 0 aliphatic rings. The molecule has 0 radical (unpaired) electrons. The zero-order chi connectivity index (χ0) is 13.1. The molecule has 18 heavy (non-hydrogen) atoms. The van der Waals surface area contributed by atoms with Gasteiger partial charge in [0.05, 0.1) is 12.2 Å². The van der Waals surface area contributed by atoms with Crippen molar-refractivity contribution in [3.63, 3.8) is 0 Å². The van der Waals surface area contributed by atoms with Gasteiger partial charge in [-0.3, -0.25) is 0 Å². The molecule has 1 aromatic heterocycles. The number of halogens is 1. The highest BCUT2D eigenvalue weighted by molar-refractivity contribution is 9.10. The summed E-state index contributed by atoms with van der Waals surface area (Å²) in [5.41, 5.74) is 2.20. The van der Waals surface area contributed by atoms with Gasteiger partial charge in [-0.05, 0) is 38.5 Å². The Labute approximate surface area is 116 Å². The number of hydrogen-bond donors (Lipinski definition) is 1. The number of rotatable bonds is 4. The van der Waals surface area contributed by atoms with Gasteiger partial charge in [0.15, 0.2) is 0 Å². The van der Waals surface area contributed by atoms with E-state index in [1.165, 1.54) is 5.56 Å². The molecule has 2 rings (SSSR count). The molecule has 1 N–H and O–H groups in total. The molecule has 4 heteroatoms. The van der Waals surface area contributed by atoms with Gasteiger partial charge in [-0.2, -0.15) is 0 Å². The summed E-state index contributed by atoms with van der Waals surface area (Å²) in [6, 6.07) is 8.54. The Morgan fingerprint density at radius 2 is 2.17 bits per heavy atom. The number of aryl methyl sites for hydroxylation is 2. The van der Waals surface area contributed by atoms with E-state index in [1.54, 1.807) is 0 Å². The second kappa shape index (κ2) is 5.67. The molecule has 0 aliphatic heterocycles. The largest absolute Gasteiger partial charge is 0.444 e. The smallest absolute Gasteiger partial charge is 0.208 e. The maximum atomic E-state index is 5.54. The molecular weight excluding hydrogens is 292 g/mol. The highest BCUT2D eigenvalue weighted by Crippen LogP contribution is 2.18. The summed E-state index contributed by atoms with van der Waals surface area (Å²) in [5, 5.41) is 3.41. The summed E-state index contributed by atoms with van der Waals surface area (Å²) in [6.07, 6.45) is 0. The Balaban J connectivity index is 1.98. The van der Waals surface area contributed by atoms with Gasteiger partial charge in [-0.25, -0.2) is 4.98 Å². The lowest BCUT2D eigenvalue weighted by Crippen LogP contribution is -2.18. The zero-order valence-corrected chi connectivity index (χ0v) is 12.4. The Morgan fingerprint density at radius 1 is 1.39 bits per heavy atom. The molecule has 0 spiro atoms. The molecule has 0 saturated heterocycles. The van der Waals surface area contributed by atoms with Gasteiger partial charge in [0.25, 0.3) is 0 Å². The summed E-state index contributed by atoms with van der Waals surface area (Å²) >= 11 is 3.48. The Kier molecular flexibility index (Phi) is 4.19. The summed E-state index contributed by atoms with van der Waals surface area (Å²) in [4.78, 5) is 4.35. The maximum Gasteiger partial charge on any atom is 0.208 e. The highest BCUT2D eigenvalue weighted by atomic mass is 79.9. The van der Waals surface area contributed by atoms with Gasteiger partial charge in [0.1, 0.15) is 5.76 Å². The fraction of sp³-hybridized carbons (Fsp3) is 0.357. The average Bonchev–Trinajstić information content (AvgIpc) is 2.66. The Bertz CT molecular complexity index is 517. The minimum absolute atomic E-state index is 0.259. The van der Waals surface area contributed by atoms with Crippen molar-refractivity contribution in [1.29, 1.82) is 0 Å². The molecule has 1 atom stereocenters.